The maximum Gasteiger partial charge on any atom is 0.135 e. The molecule has 4 rings (SSSR count). The van der Waals surface area contributed by atoms with Gasteiger partial charge in [-0.15, -0.1) is 0 Å². The average Bonchev–Trinajstić information content (AvgIpc) is 2.81. The van der Waals surface area contributed by atoms with Gasteiger partial charge in [0.1, 0.15) is 24.5 Å². The van der Waals surface area contributed by atoms with Gasteiger partial charge in [0.25, 0.3) is 0 Å². The van der Waals surface area contributed by atoms with Gasteiger partial charge in [-0.25, -0.2) is 9.97 Å². The maximum atomic E-state index is 5.91. The number of nitrogens with zero attached hydrogens (tertiary/aromatic N) is 3. The third-order valence-corrected chi connectivity index (χ3v) is 4.44. The van der Waals surface area contributed by atoms with Crippen molar-refractivity contribution >= 4 is 5.82 Å². The minimum Gasteiger partial charge on any atom is -0.487 e. The van der Waals surface area contributed by atoms with Gasteiger partial charge in [0.2, 0.25) is 0 Å². The van der Waals surface area contributed by atoms with Gasteiger partial charge < -0.3 is 19.1 Å². The van der Waals surface area contributed by atoms with Crippen LogP contribution in [0.1, 0.15) is 16.8 Å². The smallest absolute Gasteiger partial charge is 0.135 e. The molecule has 6 heteroatoms. The van der Waals surface area contributed by atoms with Gasteiger partial charge >= 0.3 is 0 Å². The summed E-state index contributed by atoms with van der Waals surface area (Å²) in [5.41, 5.74) is 3.24. The molecule has 126 valence electrons. The van der Waals surface area contributed by atoms with E-state index in [9.17, 15) is 0 Å². The number of likely N-dealkylation sites (N-methyl/N-ethyl adjacent to an activating group) is 1. The Morgan fingerprint density at radius 2 is 2.12 bits per heavy atom. The molecule has 0 radical (unpaired) electrons. The quantitative estimate of drug-likeness (QED) is 0.857. The lowest BCUT2D eigenvalue weighted by atomic mass is 10.0. The number of ether oxygens (including phenoxy) is 3. The number of fused-ring (bicyclic) bond motifs is 2. The van der Waals surface area contributed by atoms with E-state index in [1.807, 2.05) is 25.2 Å². The van der Waals surface area contributed by atoms with Crippen LogP contribution in [0.15, 0.2) is 30.6 Å². The first-order chi connectivity index (χ1) is 11.8. The highest BCUT2D eigenvalue weighted by molar-refractivity contribution is 5.53. The lowest BCUT2D eigenvalue weighted by Crippen LogP contribution is -2.39. The molecule has 0 unspecified atom stereocenters. The molecule has 2 aliphatic rings. The molecule has 1 atom stereocenters. The minimum absolute atomic E-state index is 0.0729. The first kappa shape index (κ1) is 15.4. The molecule has 0 amide bonds. The van der Waals surface area contributed by atoms with Crippen LogP contribution in [0.2, 0.25) is 0 Å². The van der Waals surface area contributed by atoms with E-state index in [2.05, 4.69) is 20.9 Å². The van der Waals surface area contributed by atoms with Gasteiger partial charge in [-0.05, 0) is 11.6 Å². The zero-order chi connectivity index (χ0) is 16.4. The molecule has 6 nitrogen and oxygen atoms in total. The van der Waals surface area contributed by atoms with Gasteiger partial charge in [-0.2, -0.15) is 0 Å². The average molecular weight is 327 g/mol. The second kappa shape index (κ2) is 6.75. The van der Waals surface area contributed by atoms with Crippen LogP contribution in [-0.2, 0) is 22.5 Å². The number of hydrogen-bond donors (Lipinski definition) is 0. The molecule has 2 aromatic rings. The number of anilines is 1. The van der Waals surface area contributed by atoms with E-state index < -0.39 is 0 Å². The minimum atomic E-state index is 0.0729. The Morgan fingerprint density at radius 3 is 3.00 bits per heavy atom. The predicted molar refractivity (Wildman–Crippen MR) is 89.4 cm³/mol. The van der Waals surface area contributed by atoms with E-state index in [0.29, 0.717) is 26.4 Å². The summed E-state index contributed by atoms with van der Waals surface area (Å²) in [7, 11) is 2.04. The van der Waals surface area contributed by atoms with Crippen molar-refractivity contribution in [3.63, 3.8) is 0 Å². The number of para-hydroxylation sites is 1. The van der Waals surface area contributed by atoms with Crippen LogP contribution in [0, 0.1) is 0 Å². The summed E-state index contributed by atoms with van der Waals surface area (Å²) < 4.78 is 17.2. The van der Waals surface area contributed by atoms with Crippen LogP contribution in [0.5, 0.6) is 5.75 Å². The summed E-state index contributed by atoms with van der Waals surface area (Å²) in [5, 5.41) is 0. The lowest BCUT2D eigenvalue weighted by Gasteiger charge is -2.29. The van der Waals surface area contributed by atoms with Gasteiger partial charge in [-0.1, -0.05) is 18.2 Å². The number of hydrogen-bond acceptors (Lipinski definition) is 6. The van der Waals surface area contributed by atoms with E-state index >= 15 is 0 Å². The fourth-order valence-electron chi connectivity index (χ4n) is 3.23. The summed E-state index contributed by atoms with van der Waals surface area (Å²) >= 11 is 0. The largest absolute Gasteiger partial charge is 0.487 e. The normalized spacial score (nSPS) is 19.6. The molecule has 1 aromatic heterocycles. The number of aromatic nitrogens is 2. The molecule has 1 aromatic carbocycles. The fourth-order valence-corrected chi connectivity index (χ4v) is 3.23. The Kier molecular flexibility index (Phi) is 4.32. The second-order valence-corrected chi connectivity index (χ2v) is 6.14. The monoisotopic (exact) mass is 327 g/mol. The Morgan fingerprint density at radius 1 is 1.21 bits per heavy atom. The summed E-state index contributed by atoms with van der Waals surface area (Å²) in [6.45, 7) is 3.17. The van der Waals surface area contributed by atoms with Crippen molar-refractivity contribution in [3.05, 3.63) is 47.4 Å². The van der Waals surface area contributed by atoms with Crippen molar-refractivity contribution in [2.24, 2.45) is 0 Å². The first-order valence-electron chi connectivity index (χ1n) is 8.25. The van der Waals surface area contributed by atoms with Crippen LogP contribution in [-0.4, -0.2) is 49.5 Å². The van der Waals surface area contributed by atoms with Gasteiger partial charge in [0, 0.05) is 25.6 Å². The Bertz CT molecular complexity index is 716. The molecule has 24 heavy (non-hydrogen) atoms. The zero-order valence-electron chi connectivity index (χ0n) is 13.8. The Balaban J connectivity index is 1.61. The molecule has 2 aliphatic heterocycles. The van der Waals surface area contributed by atoms with Crippen molar-refractivity contribution in [1.29, 1.82) is 0 Å². The molecular weight excluding hydrogens is 306 g/mol. The van der Waals surface area contributed by atoms with Gasteiger partial charge in [0.15, 0.2) is 0 Å². The molecule has 3 heterocycles. The zero-order valence-corrected chi connectivity index (χ0v) is 13.8. The fraction of sp³-hybridized carbons (Fsp3) is 0.444. The van der Waals surface area contributed by atoms with Crippen LogP contribution < -0.4 is 9.64 Å². The van der Waals surface area contributed by atoms with E-state index in [-0.39, 0.29) is 6.10 Å². The Hall–Kier alpha value is -2.18. The van der Waals surface area contributed by atoms with Gasteiger partial charge in [-0.3, -0.25) is 0 Å². The Labute approximate surface area is 141 Å². The van der Waals surface area contributed by atoms with Crippen molar-refractivity contribution < 1.29 is 14.2 Å². The van der Waals surface area contributed by atoms with Gasteiger partial charge in [0.05, 0.1) is 31.6 Å². The molecule has 0 saturated carbocycles. The molecule has 1 fully saturated rings. The van der Waals surface area contributed by atoms with Crippen LogP contribution in [0.25, 0.3) is 0 Å². The highest BCUT2D eigenvalue weighted by Crippen LogP contribution is 2.31. The third kappa shape index (κ3) is 3.07. The molecule has 1 saturated heterocycles. The SMILES string of the molecule is CN(C[C@@H]1COCCO1)c1ncnc2c1Cc1ccccc1OC2. The molecule has 0 spiro atoms. The molecule has 0 aliphatic carbocycles. The molecular formula is C18H21N3O3. The second-order valence-electron chi connectivity index (χ2n) is 6.14. The van der Waals surface area contributed by atoms with E-state index in [4.69, 9.17) is 14.2 Å². The topological polar surface area (TPSA) is 56.7 Å². The van der Waals surface area contributed by atoms with E-state index in [0.717, 1.165) is 41.4 Å². The maximum absolute atomic E-state index is 5.91. The third-order valence-electron chi connectivity index (χ3n) is 4.44. The predicted octanol–water partition coefficient (Wildman–Crippen LogP) is 1.81. The van der Waals surface area contributed by atoms with Crippen molar-refractivity contribution in [2.45, 2.75) is 19.1 Å². The molecule has 0 bridgehead atoms. The lowest BCUT2D eigenvalue weighted by molar-refractivity contribution is -0.0837. The highest BCUT2D eigenvalue weighted by atomic mass is 16.6. The van der Waals surface area contributed by atoms with E-state index in [1.165, 1.54) is 0 Å². The standard InChI is InChI=1S/C18H21N3O3/c1-21(9-14-10-22-6-7-23-14)18-15-8-13-4-2-3-5-17(13)24-11-16(15)19-12-20-18/h2-5,12,14H,6-11H2,1H3/t14-/m1/s1. The van der Waals surface area contributed by atoms with Crippen LogP contribution in [0.4, 0.5) is 5.82 Å². The van der Waals surface area contributed by atoms with Crippen LogP contribution in [0.3, 0.4) is 0 Å². The highest BCUT2D eigenvalue weighted by Gasteiger charge is 2.23. The molecule has 0 N–H and O–H groups in total. The van der Waals surface area contributed by atoms with Crippen LogP contribution >= 0.6 is 0 Å². The summed E-state index contributed by atoms with van der Waals surface area (Å²) in [5.74, 6) is 1.86. The van der Waals surface area contributed by atoms with E-state index in [1.54, 1.807) is 6.33 Å². The van der Waals surface area contributed by atoms with Crippen molar-refractivity contribution in [2.75, 3.05) is 38.3 Å². The summed E-state index contributed by atoms with van der Waals surface area (Å²) in [6.07, 6.45) is 2.46. The number of rotatable bonds is 3. The first-order valence-corrected chi connectivity index (χ1v) is 8.25. The van der Waals surface area contributed by atoms with Crippen molar-refractivity contribution in [3.8, 4) is 5.75 Å². The summed E-state index contributed by atoms with van der Waals surface area (Å²) in [4.78, 5) is 11.1. The van der Waals surface area contributed by atoms with Crippen molar-refractivity contribution in [1.82, 2.24) is 9.97 Å². The number of benzene rings is 1. The summed E-state index contributed by atoms with van der Waals surface area (Å²) in [6, 6.07) is 8.13.